The molecule has 0 aliphatic carbocycles. The van der Waals surface area contributed by atoms with Crippen LogP contribution in [0.3, 0.4) is 0 Å². The lowest BCUT2D eigenvalue weighted by Crippen LogP contribution is -2.24. The summed E-state index contributed by atoms with van der Waals surface area (Å²) in [4.78, 5) is 8.47. The number of ether oxygens (including phenoxy) is 2. The van der Waals surface area contributed by atoms with Crippen molar-refractivity contribution in [2.24, 2.45) is 0 Å². The molecular weight excluding hydrogens is 366 g/mol. The van der Waals surface area contributed by atoms with Crippen molar-refractivity contribution in [1.29, 1.82) is 0 Å². The van der Waals surface area contributed by atoms with Crippen LogP contribution in [0.5, 0.6) is 11.5 Å². The van der Waals surface area contributed by atoms with Gasteiger partial charge in [-0.3, -0.25) is 0 Å². The van der Waals surface area contributed by atoms with Gasteiger partial charge in [0.2, 0.25) is 10.0 Å². The third-order valence-electron chi connectivity index (χ3n) is 3.91. The summed E-state index contributed by atoms with van der Waals surface area (Å²) in [5, 5.41) is 0. The number of sulfonamides is 1. The fourth-order valence-corrected chi connectivity index (χ4v) is 3.67. The second kappa shape index (κ2) is 8.15. The third-order valence-corrected chi connectivity index (χ3v) is 5.35. The fourth-order valence-electron chi connectivity index (χ4n) is 2.50. The molecule has 0 atom stereocenters. The average molecular weight is 385 g/mol. The molecule has 1 N–H and O–H groups in total. The minimum atomic E-state index is -3.74. The topological polar surface area (TPSA) is 90.4 Å². The Morgan fingerprint density at radius 2 is 1.70 bits per heavy atom. The van der Waals surface area contributed by atoms with Gasteiger partial charge in [-0.25, -0.2) is 23.1 Å². The van der Waals surface area contributed by atoms with Gasteiger partial charge in [-0.1, -0.05) is 12.1 Å². The summed E-state index contributed by atoms with van der Waals surface area (Å²) in [7, 11) is -0.706. The molecule has 0 bridgehead atoms. The Hall–Kier alpha value is -2.97. The highest BCUT2D eigenvalue weighted by atomic mass is 32.2. The number of para-hydroxylation sites is 1. The van der Waals surface area contributed by atoms with E-state index in [4.69, 9.17) is 9.47 Å². The molecule has 0 saturated carbocycles. The average Bonchev–Trinajstić information content (AvgIpc) is 2.72. The van der Waals surface area contributed by atoms with E-state index in [0.717, 1.165) is 11.3 Å². The van der Waals surface area contributed by atoms with Crippen LogP contribution in [0, 0.1) is 0 Å². The minimum absolute atomic E-state index is 0.0338. The fraction of sp³-hybridized carbons (Fsp3) is 0.158. The van der Waals surface area contributed by atoms with E-state index in [1.54, 1.807) is 31.4 Å². The van der Waals surface area contributed by atoms with E-state index in [1.807, 2.05) is 24.3 Å². The molecule has 1 aromatic heterocycles. The number of methoxy groups -OCH3 is 2. The zero-order chi connectivity index (χ0) is 19.3. The number of benzene rings is 2. The van der Waals surface area contributed by atoms with E-state index in [0.29, 0.717) is 11.4 Å². The SMILES string of the molecule is COc1ccc(-c2cc(CNS(=O)(=O)c3ccccc3OC)ncn2)cc1. The molecule has 0 unspecified atom stereocenters. The first kappa shape index (κ1) is 18.8. The van der Waals surface area contributed by atoms with Gasteiger partial charge in [-0.15, -0.1) is 0 Å². The van der Waals surface area contributed by atoms with Gasteiger partial charge in [0.1, 0.15) is 22.7 Å². The predicted octanol–water partition coefficient (Wildman–Crippen LogP) is 2.64. The molecule has 0 fully saturated rings. The van der Waals surface area contributed by atoms with Crippen LogP contribution >= 0.6 is 0 Å². The van der Waals surface area contributed by atoms with Crippen molar-refractivity contribution in [2.75, 3.05) is 14.2 Å². The van der Waals surface area contributed by atoms with E-state index in [9.17, 15) is 8.42 Å². The van der Waals surface area contributed by atoms with E-state index in [-0.39, 0.29) is 17.2 Å². The van der Waals surface area contributed by atoms with Crippen LogP contribution < -0.4 is 14.2 Å². The third kappa shape index (κ3) is 4.42. The van der Waals surface area contributed by atoms with Gasteiger partial charge < -0.3 is 9.47 Å². The Labute approximate surface area is 158 Å². The van der Waals surface area contributed by atoms with Crippen LogP contribution in [0.4, 0.5) is 0 Å². The molecule has 0 aliphatic heterocycles. The molecule has 2 aromatic carbocycles. The molecule has 7 nitrogen and oxygen atoms in total. The largest absolute Gasteiger partial charge is 0.497 e. The Bertz CT molecular complexity index is 1020. The Morgan fingerprint density at radius 1 is 0.963 bits per heavy atom. The summed E-state index contributed by atoms with van der Waals surface area (Å²) < 4.78 is 37.9. The molecule has 3 aromatic rings. The highest BCUT2D eigenvalue weighted by Gasteiger charge is 2.18. The Kier molecular flexibility index (Phi) is 5.68. The highest BCUT2D eigenvalue weighted by Crippen LogP contribution is 2.23. The predicted molar refractivity (Wildman–Crippen MR) is 101 cm³/mol. The van der Waals surface area contributed by atoms with Gasteiger partial charge in [0, 0.05) is 5.56 Å². The number of hydrogen-bond donors (Lipinski definition) is 1. The van der Waals surface area contributed by atoms with E-state index < -0.39 is 10.0 Å². The van der Waals surface area contributed by atoms with Crippen molar-refractivity contribution in [2.45, 2.75) is 11.4 Å². The van der Waals surface area contributed by atoms with E-state index in [2.05, 4.69) is 14.7 Å². The lowest BCUT2D eigenvalue weighted by molar-refractivity contribution is 0.402. The summed E-state index contributed by atoms with van der Waals surface area (Å²) in [5.41, 5.74) is 2.13. The normalized spacial score (nSPS) is 11.2. The molecule has 0 spiro atoms. The van der Waals surface area contributed by atoms with Crippen LogP contribution in [0.15, 0.2) is 65.8 Å². The van der Waals surface area contributed by atoms with Crippen molar-refractivity contribution in [3.8, 4) is 22.8 Å². The standard InChI is InChI=1S/C19H19N3O4S/c1-25-16-9-7-14(8-10-16)17-11-15(20-13-21-17)12-22-27(23,24)19-6-4-3-5-18(19)26-2/h3-11,13,22H,12H2,1-2H3. The van der Waals surface area contributed by atoms with Crippen LogP contribution in [0.2, 0.25) is 0 Å². The zero-order valence-corrected chi connectivity index (χ0v) is 15.7. The molecule has 0 saturated heterocycles. The summed E-state index contributed by atoms with van der Waals surface area (Å²) in [5.74, 6) is 1.03. The maximum atomic E-state index is 12.6. The van der Waals surface area contributed by atoms with Gasteiger partial charge in [-0.05, 0) is 42.5 Å². The smallest absolute Gasteiger partial charge is 0.244 e. The first-order chi connectivity index (χ1) is 13.0. The van der Waals surface area contributed by atoms with Crippen molar-refractivity contribution in [3.05, 3.63) is 66.6 Å². The molecule has 1 heterocycles. The maximum Gasteiger partial charge on any atom is 0.244 e. The van der Waals surface area contributed by atoms with E-state index in [1.165, 1.54) is 19.5 Å². The number of nitrogens with zero attached hydrogens (tertiary/aromatic N) is 2. The Balaban J connectivity index is 1.78. The van der Waals surface area contributed by atoms with Crippen LogP contribution in [-0.2, 0) is 16.6 Å². The quantitative estimate of drug-likeness (QED) is 0.672. The van der Waals surface area contributed by atoms with Crippen molar-refractivity contribution < 1.29 is 17.9 Å². The van der Waals surface area contributed by atoms with Gasteiger partial charge in [0.05, 0.1) is 32.2 Å². The summed E-state index contributed by atoms with van der Waals surface area (Å²) in [6.45, 7) is 0.0338. The number of rotatable bonds is 7. The molecule has 0 radical (unpaired) electrons. The van der Waals surface area contributed by atoms with Gasteiger partial charge >= 0.3 is 0 Å². The van der Waals surface area contributed by atoms with Crippen molar-refractivity contribution >= 4 is 10.0 Å². The van der Waals surface area contributed by atoms with Gasteiger partial charge in [0.25, 0.3) is 0 Å². The number of hydrogen-bond acceptors (Lipinski definition) is 6. The van der Waals surface area contributed by atoms with Gasteiger partial charge in [0.15, 0.2) is 0 Å². The lowest BCUT2D eigenvalue weighted by atomic mass is 10.1. The summed E-state index contributed by atoms with van der Waals surface area (Å²) in [6, 6.07) is 15.6. The molecule has 27 heavy (non-hydrogen) atoms. The number of aromatic nitrogens is 2. The minimum Gasteiger partial charge on any atom is -0.497 e. The molecule has 0 amide bonds. The molecule has 140 valence electrons. The van der Waals surface area contributed by atoms with Crippen molar-refractivity contribution in [1.82, 2.24) is 14.7 Å². The second-order valence-corrected chi connectivity index (χ2v) is 7.33. The Morgan fingerprint density at radius 3 is 2.41 bits per heavy atom. The second-order valence-electron chi connectivity index (χ2n) is 5.60. The molecule has 3 rings (SSSR count). The maximum absolute atomic E-state index is 12.6. The van der Waals surface area contributed by atoms with E-state index >= 15 is 0 Å². The number of nitrogens with one attached hydrogen (secondary N) is 1. The van der Waals surface area contributed by atoms with Crippen LogP contribution in [0.25, 0.3) is 11.3 Å². The molecular formula is C19H19N3O4S. The lowest BCUT2D eigenvalue weighted by Gasteiger charge is -2.10. The first-order valence-electron chi connectivity index (χ1n) is 8.11. The monoisotopic (exact) mass is 385 g/mol. The molecule has 8 heteroatoms. The summed E-state index contributed by atoms with van der Waals surface area (Å²) >= 11 is 0. The van der Waals surface area contributed by atoms with Crippen LogP contribution in [0.1, 0.15) is 5.69 Å². The first-order valence-corrected chi connectivity index (χ1v) is 9.60. The zero-order valence-electron chi connectivity index (χ0n) is 14.9. The highest BCUT2D eigenvalue weighted by molar-refractivity contribution is 7.89. The molecule has 0 aliphatic rings. The van der Waals surface area contributed by atoms with Gasteiger partial charge in [-0.2, -0.15) is 0 Å². The van der Waals surface area contributed by atoms with Crippen molar-refractivity contribution in [3.63, 3.8) is 0 Å². The summed E-state index contributed by atoms with van der Waals surface area (Å²) in [6.07, 6.45) is 1.41. The van der Waals surface area contributed by atoms with Crippen LogP contribution in [-0.4, -0.2) is 32.6 Å².